The van der Waals surface area contributed by atoms with Crippen LogP contribution < -0.4 is 0 Å². The molecule has 15 rings (SSSR count). The number of benzene rings is 10. The lowest BCUT2D eigenvalue weighted by Gasteiger charge is -2.35. The Kier molecular flexibility index (Phi) is 8.39. The first kappa shape index (κ1) is 41.4. The Balaban J connectivity index is 0.953. The fourth-order valence-corrected chi connectivity index (χ4v) is 13.4. The summed E-state index contributed by atoms with van der Waals surface area (Å²) >= 11 is 0. The molecule has 0 radical (unpaired) electrons. The van der Waals surface area contributed by atoms with Crippen LogP contribution >= 0.6 is 0 Å². The van der Waals surface area contributed by atoms with Crippen LogP contribution in [0.1, 0.15) is 75.3 Å². The van der Waals surface area contributed by atoms with E-state index in [1.807, 2.05) is 0 Å². The van der Waals surface area contributed by atoms with Crippen molar-refractivity contribution in [1.29, 1.82) is 0 Å². The lowest BCUT2D eigenvalue weighted by Crippen LogP contribution is -2.26. The molecule has 0 fully saturated rings. The molecule has 344 valence electrons. The first-order chi connectivity index (χ1) is 35.0. The van der Waals surface area contributed by atoms with E-state index in [1.165, 1.54) is 144 Å². The van der Waals surface area contributed by atoms with Crippen molar-refractivity contribution in [1.82, 2.24) is 13.7 Å². The number of para-hydroxylation sites is 3. The fourth-order valence-electron chi connectivity index (χ4n) is 13.4. The first-order valence-corrected chi connectivity index (χ1v) is 25.7. The van der Waals surface area contributed by atoms with Gasteiger partial charge >= 0.3 is 0 Å². The number of hydrogen-bond acceptors (Lipinski definition) is 0. The van der Waals surface area contributed by atoms with Crippen LogP contribution in [-0.2, 0) is 10.8 Å². The van der Waals surface area contributed by atoms with Crippen molar-refractivity contribution >= 4 is 65.4 Å². The molecule has 3 aromatic heterocycles. The highest BCUT2D eigenvalue weighted by Crippen LogP contribution is 2.52. The molecule has 4 bridgehead atoms. The monoisotopic (exact) mass is 923 g/mol. The highest BCUT2D eigenvalue weighted by molar-refractivity contribution is 6.20. The standard InChI is InChI=1S/C69H53N3/c1-41-44-37-45(42-29-31-49(32-30-42)71-58-28-15-23-50-43-17-14-18-47(40-43)69(5,6)67-54(68(2,3)4)33-34-61(71)66(67)64(50)58)39-46(38-44)51-24-16-27-57-63(51)65-60(70(57)48-19-8-7-9-20-48)36-35-59(62(41)65)72-55-25-12-10-21-52(55)53-22-11-13-26-56(53)72/h7-41H,1-6H3. The Labute approximate surface area is 419 Å². The number of nitrogens with zero attached hydrogens (tertiary/aromatic N) is 3. The third-order valence-electron chi connectivity index (χ3n) is 16.8. The van der Waals surface area contributed by atoms with Crippen LogP contribution in [0.2, 0.25) is 0 Å². The van der Waals surface area contributed by atoms with E-state index in [9.17, 15) is 0 Å². The highest BCUT2D eigenvalue weighted by atomic mass is 15.0. The molecule has 2 aliphatic rings. The minimum Gasteiger partial charge on any atom is -0.309 e. The molecule has 0 N–H and O–H groups in total. The molecule has 72 heavy (non-hydrogen) atoms. The summed E-state index contributed by atoms with van der Waals surface area (Å²) in [6.07, 6.45) is 0. The summed E-state index contributed by atoms with van der Waals surface area (Å²) < 4.78 is 7.54. The van der Waals surface area contributed by atoms with Crippen LogP contribution in [0.4, 0.5) is 0 Å². The Bertz CT molecular complexity index is 4400. The van der Waals surface area contributed by atoms with E-state index in [-0.39, 0.29) is 16.7 Å². The molecule has 1 atom stereocenters. The van der Waals surface area contributed by atoms with E-state index < -0.39 is 0 Å². The van der Waals surface area contributed by atoms with Crippen molar-refractivity contribution in [2.75, 3.05) is 0 Å². The zero-order chi connectivity index (χ0) is 48.4. The zero-order valence-electron chi connectivity index (χ0n) is 41.5. The van der Waals surface area contributed by atoms with E-state index in [0.717, 1.165) is 0 Å². The summed E-state index contributed by atoms with van der Waals surface area (Å²) in [5.41, 5.74) is 25.1. The first-order valence-electron chi connectivity index (χ1n) is 25.7. The third-order valence-corrected chi connectivity index (χ3v) is 16.8. The van der Waals surface area contributed by atoms with E-state index in [1.54, 1.807) is 0 Å². The number of rotatable bonds is 4. The third kappa shape index (κ3) is 5.57. The molecule has 0 saturated heterocycles. The van der Waals surface area contributed by atoms with Crippen LogP contribution in [0.3, 0.4) is 0 Å². The minimum atomic E-state index is -0.206. The summed E-state index contributed by atoms with van der Waals surface area (Å²) in [5, 5.41) is 7.89. The van der Waals surface area contributed by atoms with E-state index >= 15 is 0 Å². The molecule has 2 aliphatic carbocycles. The second-order valence-electron chi connectivity index (χ2n) is 22.1. The summed E-state index contributed by atoms with van der Waals surface area (Å²) in [7, 11) is 0. The van der Waals surface area contributed by atoms with Gasteiger partial charge in [-0.25, -0.2) is 0 Å². The lowest BCUT2D eigenvalue weighted by atomic mass is 9.68. The van der Waals surface area contributed by atoms with Gasteiger partial charge in [0.2, 0.25) is 0 Å². The lowest BCUT2D eigenvalue weighted by molar-refractivity contribution is 0.553. The maximum atomic E-state index is 2.53. The zero-order valence-corrected chi connectivity index (χ0v) is 41.5. The summed E-state index contributed by atoms with van der Waals surface area (Å²) in [6.45, 7) is 14.4. The van der Waals surface area contributed by atoms with Gasteiger partial charge in [-0.15, -0.1) is 0 Å². The van der Waals surface area contributed by atoms with Gasteiger partial charge in [0.15, 0.2) is 0 Å². The Morgan fingerprint density at radius 1 is 0.403 bits per heavy atom. The maximum Gasteiger partial charge on any atom is 0.0547 e. The summed E-state index contributed by atoms with van der Waals surface area (Å²) in [4.78, 5) is 0. The molecular weight excluding hydrogens is 871 g/mol. The largest absolute Gasteiger partial charge is 0.309 e. The van der Waals surface area contributed by atoms with Crippen molar-refractivity contribution in [3.05, 3.63) is 234 Å². The van der Waals surface area contributed by atoms with Crippen LogP contribution in [-0.4, -0.2) is 13.7 Å². The van der Waals surface area contributed by atoms with Crippen molar-refractivity contribution in [2.24, 2.45) is 0 Å². The van der Waals surface area contributed by atoms with E-state index in [4.69, 9.17) is 0 Å². The van der Waals surface area contributed by atoms with Crippen LogP contribution in [0.15, 0.2) is 206 Å². The molecule has 0 amide bonds. The van der Waals surface area contributed by atoms with Gasteiger partial charge in [0, 0.05) is 55.0 Å². The molecule has 10 aromatic carbocycles. The van der Waals surface area contributed by atoms with Gasteiger partial charge in [0.1, 0.15) is 0 Å². The van der Waals surface area contributed by atoms with Crippen LogP contribution in [0, 0.1) is 0 Å². The molecule has 3 nitrogen and oxygen atoms in total. The van der Waals surface area contributed by atoms with E-state index in [2.05, 4.69) is 262 Å². The van der Waals surface area contributed by atoms with Crippen molar-refractivity contribution < 1.29 is 0 Å². The van der Waals surface area contributed by atoms with Crippen molar-refractivity contribution in [3.8, 4) is 50.4 Å². The summed E-state index contributed by atoms with van der Waals surface area (Å²) in [6, 6.07) is 78.2. The van der Waals surface area contributed by atoms with Gasteiger partial charge in [-0.05, 0) is 139 Å². The summed E-state index contributed by atoms with van der Waals surface area (Å²) in [5.74, 6) is 0.0656. The SMILES string of the molecule is CC1c2cc(-c3ccc(-n4c5cccc6c5c5c(c(C(C)(C)C)ccc54)C(C)(C)c4cccc-6c4)cc3)cc(c2)-c2cccc3c2c2c1c(-n1c4ccccc4c4ccccc41)ccc2n3-c1ccccc1. The Morgan fingerprint density at radius 3 is 1.65 bits per heavy atom. The Hall–Kier alpha value is -8.40. The van der Waals surface area contributed by atoms with Gasteiger partial charge < -0.3 is 13.7 Å². The normalized spacial score (nSPS) is 14.8. The molecule has 0 aliphatic heterocycles. The molecule has 13 aromatic rings. The van der Waals surface area contributed by atoms with Gasteiger partial charge in [0.05, 0.1) is 38.8 Å². The number of fused-ring (bicyclic) bond motifs is 9. The van der Waals surface area contributed by atoms with Crippen molar-refractivity contribution in [2.45, 2.75) is 58.3 Å². The molecule has 3 heteroatoms. The molecule has 3 heterocycles. The second kappa shape index (κ2) is 14.6. The number of hydrogen-bond donors (Lipinski definition) is 0. The number of aromatic nitrogens is 3. The van der Waals surface area contributed by atoms with Gasteiger partial charge in [-0.2, -0.15) is 0 Å². The van der Waals surface area contributed by atoms with Gasteiger partial charge in [0.25, 0.3) is 0 Å². The average Bonchev–Trinajstić information content (AvgIpc) is 4.05. The van der Waals surface area contributed by atoms with Crippen LogP contribution in [0.25, 0.3) is 116 Å². The molecule has 1 unspecified atom stereocenters. The van der Waals surface area contributed by atoms with Crippen molar-refractivity contribution in [3.63, 3.8) is 0 Å². The van der Waals surface area contributed by atoms with Gasteiger partial charge in [-0.3, -0.25) is 0 Å². The van der Waals surface area contributed by atoms with Gasteiger partial charge in [-0.1, -0.05) is 175 Å². The quantitative estimate of drug-likeness (QED) is 0.167. The molecule has 0 saturated carbocycles. The van der Waals surface area contributed by atoms with Crippen LogP contribution in [0.5, 0.6) is 0 Å². The maximum absolute atomic E-state index is 2.53. The predicted molar refractivity (Wildman–Crippen MR) is 304 cm³/mol. The smallest absolute Gasteiger partial charge is 0.0547 e. The second-order valence-corrected chi connectivity index (χ2v) is 22.1. The highest BCUT2D eigenvalue weighted by Gasteiger charge is 2.36. The molecule has 0 spiro atoms. The topological polar surface area (TPSA) is 14.8 Å². The molecular formula is C69H53N3. The fraction of sp³-hybridized carbons (Fsp3) is 0.130. The van der Waals surface area contributed by atoms with E-state index in [0.29, 0.717) is 0 Å². The minimum absolute atomic E-state index is 0.0357. The average molecular weight is 924 g/mol. The predicted octanol–water partition coefficient (Wildman–Crippen LogP) is 18.4. The Morgan fingerprint density at radius 2 is 0.958 bits per heavy atom.